The van der Waals surface area contributed by atoms with E-state index in [1.54, 1.807) is 16.4 Å². The van der Waals surface area contributed by atoms with Crippen LogP contribution in [0.3, 0.4) is 0 Å². The monoisotopic (exact) mass is 265 g/mol. The van der Waals surface area contributed by atoms with Crippen molar-refractivity contribution in [3.05, 3.63) is 42.0 Å². The maximum Gasteiger partial charge on any atom is 0.243 e. The summed E-state index contributed by atoms with van der Waals surface area (Å²) < 4.78 is 26.6. The van der Waals surface area contributed by atoms with Crippen molar-refractivity contribution in [1.82, 2.24) is 4.31 Å². The predicted molar refractivity (Wildman–Crippen MR) is 72.9 cm³/mol. The Morgan fingerprint density at radius 1 is 1.28 bits per heavy atom. The largest absolute Gasteiger partial charge is 0.243 e. The number of benzene rings is 1. The molecule has 0 unspecified atom stereocenters. The van der Waals surface area contributed by atoms with Crippen molar-refractivity contribution in [2.24, 2.45) is 0 Å². The minimum Gasteiger partial charge on any atom is -0.207 e. The van der Waals surface area contributed by atoms with Crippen LogP contribution in [0.15, 0.2) is 41.3 Å². The molecule has 0 radical (unpaired) electrons. The zero-order chi connectivity index (χ0) is 13.3. The normalized spacial score (nSPS) is 22.1. The topological polar surface area (TPSA) is 37.4 Å². The van der Waals surface area contributed by atoms with Crippen molar-refractivity contribution in [3.8, 4) is 0 Å². The van der Waals surface area contributed by atoms with Crippen molar-refractivity contribution in [3.63, 3.8) is 0 Å². The minimum atomic E-state index is -3.39. The lowest BCUT2D eigenvalue weighted by atomic mass is 10.0. The maximum atomic E-state index is 12.5. The average molecular weight is 265 g/mol. The van der Waals surface area contributed by atoms with Gasteiger partial charge in [0.15, 0.2) is 0 Å². The highest BCUT2D eigenvalue weighted by Gasteiger charge is 2.31. The van der Waals surface area contributed by atoms with Gasteiger partial charge in [0.25, 0.3) is 0 Å². The third kappa shape index (κ3) is 2.49. The van der Waals surface area contributed by atoms with E-state index in [2.05, 4.69) is 6.58 Å². The highest BCUT2D eigenvalue weighted by molar-refractivity contribution is 7.89. The van der Waals surface area contributed by atoms with Gasteiger partial charge in [-0.1, -0.05) is 29.8 Å². The van der Waals surface area contributed by atoms with Gasteiger partial charge in [0.2, 0.25) is 10.0 Å². The van der Waals surface area contributed by atoms with Gasteiger partial charge < -0.3 is 0 Å². The van der Waals surface area contributed by atoms with Crippen LogP contribution in [-0.4, -0.2) is 25.3 Å². The highest BCUT2D eigenvalue weighted by atomic mass is 32.2. The van der Waals surface area contributed by atoms with Gasteiger partial charge in [0.1, 0.15) is 0 Å². The van der Waals surface area contributed by atoms with Crippen LogP contribution in [-0.2, 0) is 10.0 Å². The Kier molecular flexibility index (Phi) is 3.59. The number of aryl methyl sites for hydroxylation is 1. The number of piperidine rings is 1. The summed E-state index contributed by atoms with van der Waals surface area (Å²) in [5.74, 6) is 0. The molecule has 1 aromatic carbocycles. The molecule has 0 aliphatic carbocycles. The van der Waals surface area contributed by atoms with Crippen molar-refractivity contribution >= 4 is 10.0 Å². The van der Waals surface area contributed by atoms with Gasteiger partial charge in [0, 0.05) is 12.6 Å². The summed E-state index contributed by atoms with van der Waals surface area (Å²) in [4.78, 5) is 0.370. The first-order chi connectivity index (χ1) is 8.41. The van der Waals surface area contributed by atoms with Crippen molar-refractivity contribution in [1.29, 1.82) is 0 Å². The molecule has 0 aromatic heterocycles. The molecule has 1 aliphatic rings. The summed E-state index contributed by atoms with van der Waals surface area (Å²) in [6.45, 7) is 8.26. The molecule has 1 fully saturated rings. The third-order valence-electron chi connectivity index (χ3n) is 3.41. The van der Waals surface area contributed by atoms with Crippen LogP contribution >= 0.6 is 0 Å². The van der Waals surface area contributed by atoms with Gasteiger partial charge in [-0.25, -0.2) is 8.42 Å². The van der Waals surface area contributed by atoms with Gasteiger partial charge in [-0.15, -0.1) is 0 Å². The summed E-state index contributed by atoms with van der Waals surface area (Å²) in [5.41, 5.74) is 2.05. The Bertz CT molecular complexity index is 546. The molecule has 2 rings (SSSR count). The van der Waals surface area contributed by atoms with Crippen LogP contribution < -0.4 is 0 Å². The molecule has 1 heterocycles. The van der Waals surface area contributed by atoms with Gasteiger partial charge in [-0.3, -0.25) is 0 Å². The Morgan fingerprint density at radius 2 is 1.89 bits per heavy atom. The standard InChI is InChI=1S/C14H19NO2S/c1-11-5-8-14(9-6-11)18(16,17)15-10-12(2)4-7-13(15)3/h5-6,8-9,13H,2,4,7,10H2,1,3H3/t13-/m0/s1. The van der Waals surface area contributed by atoms with E-state index >= 15 is 0 Å². The Labute approximate surface area is 109 Å². The van der Waals surface area contributed by atoms with E-state index in [1.807, 2.05) is 26.0 Å². The lowest BCUT2D eigenvalue weighted by molar-refractivity contribution is 0.309. The zero-order valence-corrected chi connectivity index (χ0v) is 11.7. The fourth-order valence-electron chi connectivity index (χ4n) is 2.18. The zero-order valence-electron chi connectivity index (χ0n) is 10.9. The van der Waals surface area contributed by atoms with E-state index in [4.69, 9.17) is 0 Å². The summed E-state index contributed by atoms with van der Waals surface area (Å²) in [6, 6.07) is 7.05. The average Bonchev–Trinajstić information content (AvgIpc) is 2.32. The Balaban J connectivity index is 2.35. The highest BCUT2D eigenvalue weighted by Crippen LogP contribution is 2.26. The molecule has 1 aliphatic heterocycles. The molecule has 0 amide bonds. The van der Waals surface area contributed by atoms with Crippen molar-refractivity contribution < 1.29 is 8.42 Å². The fraction of sp³-hybridized carbons (Fsp3) is 0.429. The molecule has 0 N–H and O–H groups in total. The molecular formula is C14H19NO2S. The first-order valence-corrected chi connectivity index (χ1v) is 7.60. The van der Waals surface area contributed by atoms with E-state index in [-0.39, 0.29) is 6.04 Å². The predicted octanol–water partition coefficient (Wildman–Crippen LogP) is 2.72. The molecule has 0 spiro atoms. The lowest BCUT2D eigenvalue weighted by Gasteiger charge is -2.33. The molecule has 0 saturated carbocycles. The molecular weight excluding hydrogens is 246 g/mol. The molecule has 18 heavy (non-hydrogen) atoms. The smallest absolute Gasteiger partial charge is 0.207 e. The Hall–Kier alpha value is -1.13. The summed E-state index contributed by atoms with van der Waals surface area (Å²) in [7, 11) is -3.39. The van der Waals surface area contributed by atoms with Gasteiger partial charge in [-0.2, -0.15) is 4.31 Å². The van der Waals surface area contributed by atoms with Crippen molar-refractivity contribution in [2.45, 2.75) is 37.6 Å². The van der Waals surface area contributed by atoms with Gasteiger partial charge >= 0.3 is 0 Å². The molecule has 1 atom stereocenters. The van der Waals surface area contributed by atoms with Crippen molar-refractivity contribution in [2.75, 3.05) is 6.54 Å². The number of rotatable bonds is 2. The first-order valence-electron chi connectivity index (χ1n) is 6.16. The quantitative estimate of drug-likeness (QED) is 0.771. The second kappa shape index (κ2) is 4.86. The molecule has 1 saturated heterocycles. The van der Waals surface area contributed by atoms with E-state index in [0.29, 0.717) is 11.4 Å². The second-order valence-corrected chi connectivity index (χ2v) is 6.89. The van der Waals surface area contributed by atoms with Crippen LogP contribution in [0.2, 0.25) is 0 Å². The lowest BCUT2D eigenvalue weighted by Crippen LogP contribution is -2.42. The van der Waals surface area contributed by atoms with Crippen LogP contribution in [0.5, 0.6) is 0 Å². The molecule has 3 nitrogen and oxygen atoms in total. The summed E-state index contributed by atoms with van der Waals surface area (Å²) in [5, 5.41) is 0. The number of nitrogens with zero attached hydrogens (tertiary/aromatic N) is 1. The van der Waals surface area contributed by atoms with Gasteiger partial charge in [-0.05, 0) is 38.8 Å². The van der Waals surface area contributed by atoms with Gasteiger partial charge in [0.05, 0.1) is 4.90 Å². The molecule has 98 valence electrons. The molecule has 0 bridgehead atoms. The SMILES string of the molecule is C=C1CC[C@H](C)N(S(=O)(=O)c2ccc(C)cc2)C1. The summed E-state index contributed by atoms with van der Waals surface area (Å²) >= 11 is 0. The Morgan fingerprint density at radius 3 is 2.50 bits per heavy atom. The fourth-order valence-corrected chi connectivity index (χ4v) is 3.86. The third-order valence-corrected chi connectivity index (χ3v) is 5.39. The van der Waals surface area contributed by atoms with Crippen LogP contribution in [0, 0.1) is 6.92 Å². The second-order valence-electron chi connectivity index (χ2n) is 5.00. The molecule has 1 aromatic rings. The van der Waals surface area contributed by atoms with E-state index < -0.39 is 10.0 Å². The van der Waals surface area contributed by atoms with Crippen LogP contribution in [0.4, 0.5) is 0 Å². The number of sulfonamides is 1. The molecule has 4 heteroatoms. The first kappa shape index (κ1) is 13.3. The minimum absolute atomic E-state index is 0.0433. The summed E-state index contributed by atoms with van der Waals surface area (Å²) in [6.07, 6.45) is 1.77. The van der Waals surface area contributed by atoms with E-state index in [9.17, 15) is 8.42 Å². The van der Waals surface area contributed by atoms with E-state index in [0.717, 1.165) is 24.0 Å². The number of hydrogen-bond acceptors (Lipinski definition) is 2. The van der Waals surface area contributed by atoms with E-state index in [1.165, 1.54) is 0 Å². The van der Waals surface area contributed by atoms with Crippen LogP contribution in [0.25, 0.3) is 0 Å². The van der Waals surface area contributed by atoms with Crippen LogP contribution in [0.1, 0.15) is 25.3 Å². The maximum absolute atomic E-state index is 12.5. The number of hydrogen-bond donors (Lipinski definition) is 0.